The third-order valence-electron chi connectivity index (χ3n) is 4.83. The Hall–Kier alpha value is -4.09. The standard InChI is InChI=1S/C27H31N3O5/c1-6-19-14-11-15-21(16-19)23(24(32)28-17-20-12-9-8-10-13-20)30(7-2)25(33)22(18-31)29-26(34)35-27(3,4)5/h2,6,8-16,22-23,31H,1,17-18H2,3-5H3,(H,28,32)(H,29,34). The molecule has 0 saturated heterocycles. The Morgan fingerprint density at radius 2 is 1.86 bits per heavy atom. The summed E-state index contributed by atoms with van der Waals surface area (Å²) < 4.78 is 5.17. The second-order valence-electron chi connectivity index (χ2n) is 8.70. The van der Waals surface area contributed by atoms with Crippen LogP contribution in [0.25, 0.3) is 6.08 Å². The molecule has 2 atom stereocenters. The first-order valence-corrected chi connectivity index (χ1v) is 11.0. The molecule has 184 valence electrons. The highest BCUT2D eigenvalue weighted by atomic mass is 16.6. The van der Waals surface area contributed by atoms with Crippen molar-refractivity contribution in [1.29, 1.82) is 0 Å². The first kappa shape index (κ1) is 27.2. The predicted molar refractivity (Wildman–Crippen MR) is 133 cm³/mol. The summed E-state index contributed by atoms with van der Waals surface area (Å²) in [4.78, 5) is 39.7. The van der Waals surface area contributed by atoms with E-state index in [4.69, 9.17) is 11.2 Å². The van der Waals surface area contributed by atoms with Gasteiger partial charge in [-0.15, -0.1) is 0 Å². The molecule has 35 heavy (non-hydrogen) atoms. The van der Waals surface area contributed by atoms with Gasteiger partial charge in [-0.2, -0.15) is 0 Å². The van der Waals surface area contributed by atoms with Crippen molar-refractivity contribution in [2.45, 2.75) is 45.0 Å². The molecule has 2 rings (SSSR count). The van der Waals surface area contributed by atoms with E-state index in [-0.39, 0.29) is 6.54 Å². The molecule has 2 aromatic rings. The van der Waals surface area contributed by atoms with E-state index >= 15 is 0 Å². The van der Waals surface area contributed by atoms with Crippen LogP contribution in [0.3, 0.4) is 0 Å². The Kier molecular flexibility index (Phi) is 9.62. The van der Waals surface area contributed by atoms with Gasteiger partial charge in [0.05, 0.1) is 6.61 Å². The van der Waals surface area contributed by atoms with Gasteiger partial charge in [0.25, 0.3) is 5.91 Å². The maximum atomic E-state index is 13.3. The molecule has 0 fully saturated rings. The number of benzene rings is 2. The number of terminal acetylenes is 1. The summed E-state index contributed by atoms with van der Waals surface area (Å²) >= 11 is 0. The summed E-state index contributed by atoms with van der Waals surface area (Å²) in [5.41, 5.74) is 1.20. The first-order chi connectivity index (χ1) is 16.6. The number of alkyl carbamates (subject to hydrolysis) is 1. The SMILES string of the molecule is C#CN(C(=O)C(CO)NC(=O)OC(C)(C)C)C(C(=O)NCc1ccccc1)c1cccc(C=C)c1. The van der Waals surface area contributed by atoms with Crippen molar-refractivity contribution < 1.29 is 24.2 Å². The molecule has 3 amide bonds. The number of nitrogens with zero attached hydrogens (tertiary/aromatic N) is 1. The highest BCUT2D eigenvalue weighted by Crippen LogP contribution is 2.23. The van der Waals surface area contributed by atoms with Crippen LogP contribution in [0.4, 0.5) is 4.79 Å². The topological polar surface area (TPSA) is 108 Å². The normalized spacial score (nSPS) is 12.4. The fourth-order valence-corrected chi connectivity index (χ4v) is 3.22. The van der Waals surface area contributed by atoms with Crippen LogP contribution < -0.4 is 10.6 Å². The minimum absolute atomic E-state index is 0.212. The van der Waals surface area contributed by atoms with E-state index in [9.17, 15) is 19.5 Å². The zero-order chi connectivity index (χ0) is 26.0. The molecule has 0 saturated carbocycles. The van der Waals surface area contributed by atoms with Crippen LogP contribution in [0.15, 0.2) is 61.2 Å². The van der Waals surface area contributed by atoms with Crippen LogP contribution >= 0.6 is 0 Å². The summed E-state index contributed by atoms with van der Waals surface area (Å²) in [7, 11) is 0. The summed E-state index contributed by atoms with van der Waals surface area (Å²) in [5.74, 6) is -1.37. The third kappa shape index (κ3) is 8.02. The maximum Gasteiger partial charge on any atom is 0.408 e. The molecule has 0 heterocycles. The number of aliphatic hydroxyl groups excluding tert-OH is 1. The molecule has 0 aromatic heterocycles. The number of carbonyl (C=O) groups is 3. The number of nitrogens with one attached hydrogen (secondary N) is 2. The van der Waals surface area contributed by atoms with Gasteiger partial charge in [0, 0.05) is 12.6 Å². The quantitative estimate of drug-likeness (QED) is 0.380. The molecule has 0 spiro atoms. The van der Waals surface area contributed by atoms with Gasteiger partial charge in [0.1, 0.15) is 17.7 Å². The van der Waals surface area contributed by atoms with Crippen molar-refractivity contribution in [2.24, 2.45) is 0 Å². The number of amides is 3. The van der Waals surface area contributed by atoms with Crippen LogP contribution in [-0.4, -0.2) is 46.2 Å². The smallest absolute Gasteiger partial charge is 0.408 e. The second-order valence-corrected chi connectivity index (χ2v) is 8.70. The van der Waals surface area contributed by atoms with Gasteiger partial charge < -0.3 is 20.5 Å². The van der Waals surface area contributed by atoms with Gasteiger partial charge in [0.15, 0.2) is 0 Å². The predicted octanol–water partition coefficient (Wildman–Crippen LogP) is 2.99. The maximum absolute atomic E-state index is 13.3. The molecule has 0 aliphatic carbocycles. The molecule has 0 aliphatic rings. The van der Waals surface area contributed by atoms with Crippen LogP contribution in [0.5, 0.6) is 0 Å². The molecular formula is C27H31N3O5. The fraction of sp³-hybridized carbons (Fsp3) is 0.296. The zero-order valence-corrected chi connectivity index (χ0v) is 20.2. The van der Waals surface area contributed by atoms with Crippen molar-refractivity contribution in [2.75, 3.05) is 6.61 Å². The van der Waals surface area contributed by atoms with Gasteiger partial charge in [-0.3, -0.25) is 14.5 Å². The summed E-state index contributed by atoms with van der Waals surface area (Å²) in [5, 5.41) is 14.9. The van der Waals surface area contributed by atoms with Gasteiger partial charge in [-0.1, -0.05) is 67.6 Å². The highest BCUT2D eigenvalue weighted by Gasteiger charge is 2.35. The number of aliphatic hydroxyl groups is 1. The molecule has 8 nitrogen and oxygen atoms in total. The molecule has 8 heteroatoms. The van der Waals surface area contributed by atoms with Crippen LogP contribution in [0.1, 0.15) is 43.5 Å². The monoisotopic (exact) mass is 477 g/mol. The minimum atomic E-state index is -1.42. The second kappa shape index (κ2) is 12.4. The number of hydrogen-bond donors (Lipinski definition) is 3. The van der Waals surface area contributed by atoms with E-state index in [0.717, 1.165) is 16.0 Å². The number of hydrogen-bond acceptors (Lipinski definition) is 5. The Morgan fingerprint density at radius 3 is 2.43 bits per heavy atom. The van der Waals surface area contributed by atoms with Crippen molar-refractivity contribution in [3.05, 3.63) is 77.9 Å². The number of ether oxygens (including phenoxy) is 1. The van der Waals surface area contributed by atoms with E-state index in [1.165, 1.54) is 0 Å². The Morgan fingerprint density at radius 1 is 1.17 bits per heavy atom. The summed E-state index contributed by atoms with van der Waals surface area (Å²) in [6, 6.07) is 15.7. The van der Waals surface area contributed by atoms with Crippen molar-refractivity contribution in [3.8, 4) is 12.5 Å². The van der Waals surface area contributed by atoms with Gasteiger partial charge in [-0.25, -0.2) is 4.79 Å². The van der Waals surface area contributed by atoms with Crippen molar-refractivity contribution in [1.82, 2.24) is 15.5 Å². The van der Waals surface area contributed by atoms with E-state index in [1.54, 1.807) is 51.1 Å². The van der Waals surface area contributed by atoms with E-state index in [1.807, 2.05) is 30.3 Å². The third-order valence-corrected chi connectivity index (χ3v) is 4.83. The molecule has 3 N–H and O–H groups in total. The molecule has 0 bridgehead atoms. The molecular weight excluding hydrogens is 446 g/mol. The summed E-state index contributed by atoms with van der Waals surface area (Å²) in [6.07, 6.45) is 6.38. The zero-order valence-electron chi connectivity index (χ0n) is 20.2. The molecule has 0 radical (unpaired) electrons. The Bertz CT molecular complexity index is 1090. The Balaban J connectivity index is 2.36. The average Bonchev–Trinajstić information content (AvgIpc) is 2.83. The van der Waals surface area contributed by atoms with Crippen molar-refractivity contribution >= 4 is 24.0 Å². The first-order valence-electron chi connectivity index (χ1n) is 11.0. The fourth-order valence-electron chi connectivity index (χ4n) is 3.22. The lowest BCUT2D eigenvalue weighted by Gasteiger charge is -2.30. The van der Waals surface area contributed by atoms with E-state index in [2.05, 4.69) is 23.3 Å². The van der Waals surface area contributed by atoms with E-state index < -0.39 is 42.2 Å². The van der Waals surface area contributed by atoms with Crippen molar-refractivity contribution in [3.63, 3.8) is 0 Å². The lowest BCUT2D eigenvalue weighted by atomic mass is 10.0. The lowest BCUT2D eigenvalue weighted by molar-refractivity contribution is -0.139. The highest BCUT2D eigenvalue weighted by molar-refractivity contribution is 5.93. The van der Waals surface area contributed by atoms with Crippen LogP contribution in [-0.2, 0) is 20.9 Å². The molecule has 2 aromatic carbocycles. The minimum Gasteiger partial charge on any atom is -0.444 e. The van der Waals surface area contributed by atoms with Crippen LogP contribution in [0.2, 0.25) is 0 Å². The largest absolute Gasteiger partial charge is 0.444 e. The number of carbonyl (C=O) groups excluding carboxylic acids is 3. The average molecular weight is 478 g/mol. The Labute approximate surface area is 206 Å². The van der Waals surface area contributed by atoms with E-state index in [0.29, 0.717) is 5.56 Å². The lowest BCUT2D eigenvalue weighted by Crippen LogP contribution is -2.53. The van der Waals surface area contributed by atoms with Gasteiger partial charge in [-0.05, 0) is 43.5 Å². The van der Waals surface area contributed by atoms with Gasteiger partial charge >= 0.3 is 6.09 Å². The summed E-state index contributed by atoms with van der Waals surface area (Å²) in [6.45, 7) is 8.19. The number of rotatable bonds is 9. The van der Waals surface area contributed by atoms with Gasteiger partial charge in [0.2, 0.25) is 5.91 Å². The molecule has 2 unspecified atom stereocenters. The van der Waals surface area contributed by atoms with Crippen LogP contribution in [0, 0.1) is 12.5 Å². The molecule has 0 aliphatic heterocycles.